The van der Waals surface area contributed by atoms with E-state index in [0.717, 1.165) is 28.4 Å². The molecule has 1 N–H and O–H groups in total. The Morgan fingerprint density at radius 1 is 1.19 bits per heavy atom. The first-order valence-electron chi connectivity index (χ1n) is 12.2. The molecule has 9 nitrogen and oxygen atoms in total. The van der Waals surface area contributed by atoms with Crippen LogP contribution in [0.15, 0.2) is 60.8 Å². The molecule has 0 bridgehead atoms. The van der Waals surface area contributed by atoms with Crippen LogP contribution in [-0.4, -0.2) is 55.1 Å². The maximum Gasteiger partial charge on any atom is 0.269 e. The van der Waals surface area contributed by atoms with Gasteiger partial charge in [-0.15, -0.1) is 0 Å². The Morgan fingerprint density at radius 2 is 2.05 bits per heavy atom. The van der Waals surface area contributed by atoms with Gasteiger partial charge in [0, 0.05) is 67.3 Å². The molecule has 2 aromatic carbocycles. The second kappa shape index (κ2) is 10.6. The molecule has 1 aromatic heterocycles. The molecule has 3 heterocycles. The topological polar surface area (TPSA) is 101 Å². The molecule has 0 radical (unpaired) electrons. The second-order valence-electron chi connectivity index (χ2n) is 9.27. The van der Waals surface area contributed by atoms with Gasteiger partial charge in [-0.2, -0.15) is 0 Å². The third-order valence-corrected chi connectivity index (χ3v) is 7.37. The third kappa shape index (κ3) is 5.17. The number of hydrogen-bond donors (Lipinski definition) is 1. The van der Waals surface area contributed by atoms with Crippen LogP contribution in [0.4, 0.5) is 17.1 Å². The number of non-ortho nitro benzene ring substituents is 1. The highest BCUT2D eigenvalue weighted by Crippen LogP contribution is 2.40. The summed E-state index contributed by atoms with van der Waals surface area (Å²) >= 11 is 6.31. The lowest BCUT2D eigenvalue weighted by Crippen LogP contribution is -2.61. The van der Waals surface area contributed by atoms with E-state index in [1.807, 2.05) is 36.4 Å². The maximum absolute atomic E-state index is 13.5. The van der Waals surface area contributed by atoms with Gasteiger partial charge in [0.2, 0.25) is 5.91 Å². The van der Waals surface area contributed by atoms with Crippen LogP contribution < -0.4 is 19.9 Å². The number of benzene rings is 2. The number of ether oxygens (including phenoxy) is 1. The fraction of sp³-hybridized carbons (Fsp3) is 0.333. The number of piperazine rings is 1. The highest BCUT2D eigenvalue weighted by molar-refractivity contribution is 6.31. The largest absolute Gasteiger partial charge is 0.495 e. The molecular formula is C27H28ClN5O4. The van der Waals surface area contributed by atoms with E-state index in [0.29, 0.717) is 44.0 Å². The van der Waals surface area contributed by atoms with Gasteiger partial charge < -0.3 is 19.9 Å². The van der Waals surface area contributed by atoms with Crippen molar-refractivity contribution in [2.75, 3.05) is 43.1 Å². The molecule has 0 spiro atoms. The number of fused-ring (bicyclic) bond motifs is 3. The minimum absolute atomic E-state index is 0.0359. The van der Waals surface area contributed by atoms with Crippen LogP contribution in [0, 0.1) is 16.0 Å². The Hall–Kier alpha value is -3.85. The molecule has 5 rings (SSSR count). The van der Waals surface area contributed by atoms with Crippen LogP contribution in [0.1, 0.15) is 11.3 Å². The number of aromatic nitrogens is 1. The van der Waals surface area contributed by atoms with E-state index in [9.17, 15) is 14.9 Å². The number of carbonyl (C=O) groups excluding carboxylic acids is 1. The zero-order valence-electron chi connectivity index (χ0n) is 20.5. The van der Waals surface area contributed by atoms with Crippen LogP contribution in [0.2, 0.25) is 5.02 Å². The van der Waals surface area contributed by atoms with Crippen molar-refractivity contribution in [3.05, 3.63) is 87.2 Å². The van der Waals surface area contributed by atoms with E-state index in [4.69, 9.17) is 16.3 Å². The van der Waals surface area contributed by atoms with Crippen molar-refractivity contribution >= 4 is 34.6 Å². The van der Waals surface area contributed by atoms with Crippen molar-refractivity contribution in [3.63, 3.8) is 0 Å². The van der Waals surface area contributed by atoms with Gasteiger partial charge in [0.15, 0.2) is 0 Å². The summed E-state index contributed by atoms with van der Waals surface area (Å²) in [5.74, 6) is 0.273. The number of carbonyl (C=O) groups is 1. The van der Waals surface area contributed by atoms with Gasteiger partial charge in [0.05, 0.1) is 29.7 Å². The zero-order chi connectivity index (χ0) is 25.9. The molecule has 2 atom stereocenters. The number of pyridine rings is 1. The fourth-order valence-electron chi connectivity index (χ4n) is 5.34. The second-order valence-corrected chi connectivity index (χ2v) is 9.70. The van der Waals surface area contributed by atoms with E-state index in [-0.39, 0.29) is 23.6 Å². The van der Waals surface area contributed by atoms with E-state index >= 15 is 0 Å². The van der Waals surface area contributed by atoms with Crippen molar-refractivity contribution in [3.8, 4) is 5.75 Å². The SMILES string of the molecule is COc1ccc(Cl)cc1N1CCN2c3ccc([N+](=O)[O-])cc3CC(C(=O)NCCc3ccccn3)C2C1. The van der Waals surface area contributed by atoms with Gasteiger partial charge in [-0.25, -0.2) is 0 Å². The van der Waals surface area contributed by atoms with E-state index in [2.05, 4.69) is 20.1 Å². The molecule has 0 aliphatic carbocycles. The summed E-state index contributed by atoms with van der Waals surface area (Å²) in [5.41, 5.74) is 3.60. The minimum atomic E-state index is -0.391. The summed E-state index contributed by atoms with van der Waals surface area (Å²) in [6.45, 7) is 2.40. The maximum atomic E-state index is 13.5. The van der Waals surface area contributed by atoms with Gasteiger partial charge in [0.25, 0.3) is 5.69 Å². The number of anilines is 2. The Labute approximate surface area is 220 Å². The smallest absolute Gasteiger partial charge is 0.269 e. The average Bonchev–Trinajstić information content (AvgIpc) is 2.92. The molecule has 1 amide bonds. The summed E-state index contributed by atoms with van der Waals surface area (Å²) in [4.78, 5) is 33.3. The van der Waals surface area contributed by atoms with Crippen molar-refractivity contribution < 1.29 is 14.5 Å². The summed E-state index contributed by atoms with van der Waals surface area (Å²) in [6.07, 6.45) is 2.79. The first-order valence-corrected chi connectivity index (χ1v) is 12.6. The molecule has 0 saturated carbocycles. The van der Waals surface area contributed by atoms with Crippen LogP contribution in [0.5, 0.6) is 5.75 Å². The third-order valence-electron chi connectivity index (χ3n) is 7.13. The Bertz CT molecular complexity index is 1310. The molecule has 1 fully saturated rings. The van der Waals surface area contributed by atoms with Crippen molar-refractivity contribution in [1.29, 1.82) is 0 Å². The molecule has 1 saturated heterocycles. The minimum Gasteiger partial charge on any atom is -0.495 e. The van der Waals surface area contributed by atoms with Crippen LogP contribution in [0.3, 0.4) is 0 Å². The van der Waals surface area contributed by atoms with E-state index in [1.54, 1.807) is 25.4 Å². The van der Waals surface area contributed by atoms with E-state index < -0.39 is 4.92 Å². The van der Waals surface area contributed by atoms with Gasteiger partial charge in [-0.05, 0) is 48.4 Å². The van der Waals surface area contributed by atoms with Crippen molar-refractivity contribution in [2.45, 2.75) is 18.9 Å². The van der Waals surface area contributed by atoms with Crippen molar-refractivity contribution in [2.24, 2.45) is 5.92 Å². The number of halogens is 1. The van der Waals surface area contributed by atoms with Gasteiger partial charge >= 0.3 is 0 Å². The lowest BCUT2D eigenvalue weighted by atomic mass is 9.83. The van der Waals surface area contributed by atoms with Crippen LogP contribution in [0.25, 0.3) is 0 Å². The predicted octanol–water partition coefficient (Wildman–Crippen LogP) is 3.88. The van der Waals surface area contributed by atoms with Gasteiger partial charge in [-0.1, -0.05) is 17.7 Å². The first kappa shape index (κ1) is 24.8. The molecule has 3 aromatic rings. The lowest BCUT2D eigenvalue weighted by molar-refractivity contribution is -0.384. The first-order chi connectivity index (χ1) is 17.9. The summed E-state index contributed by atoms with van der Waals surface area (Å²) < 4.78 is 5.59. The predicted molar refractivity (Wildman–Crippen MR) is 143 cm³/mol. The number of nitro benzene ring substituents is 1. The normalized spacial score (nSPS) is 18.5. The standard InChI is InChI=1S/C27H28ClN5O4/c1-37-26-8-5-19(28)16-24(26)31-12-13-32-23-7-6-21(33(35)36)14-18(23)15-22(25(32)17-31)27(34)30-11-9-20-4-2-3-10-29-20/h2-8,10,14,16,22,25H,9,11-13,15,17H2,1H3,(H,30,34). The number of nitro groups is 1. The van der Waals surface area contributed by atoms with Crippen LogP contribution >= 0.6 is 11.6 Å². The fourth-order valence-corrected chi connectivity index (χ4v) is 5.51. The molecule has 192 valence electrons. The number of hydrogen-bond acceptors (Lipinski definition) is 7. The Morgan fingerprint density at radius 3 is 2.81 bits per heavy atom. The number of amides is 1. The van der Waals surface area contributed by atoms with Crippen LogP contribution in [-0.2, 0) is 17.6 Å². The van der Waals surface area contributed by atoms with E-state index in [1.165, 1.54) is 6.07 Å². The molecule has 37 heavy (non-hydrogen) atoms. The lowest BCUT2D eigenvalue weighted by Gasteiger charge is -2.49. The number of methoxy groups -OCH3 is 1. The summed E-state index contributed by atoms with van der Waals surface area (Å²) in [7, 11) is 1.63. The molecular weight excluding hydrogens is 494 g/mol. The summed E-state index contributed by atoms with van der Waals surface area (Å²) in [6, 6.07) is 16.1. The Balaban J connectivity index is 1.42. The zero-order valence-corrected chi connectivity index (χ0v) is 21.2. The Kier molecular flexibility index (Phi) is 7.14. The number of nitrogens with zero attached hydrogens (tertiary/aromatic N) is 4. The molecule has 2 unspecified atom stereocenters. The van der Waals surface area contributed by atoms with Crippen molar-refractivity contribution in [1.82, 2.24) is 10.3 Å². The highest BCUT2D eigenvalue weighted by Gasteiger charge is 2.42. The molecule has 2 aliphatic heterocycles. The monoisotopic (exact) mass is 521 g/mol. The summed E-state index contributed by atoms with van der Waals surface area (Å²) in [5, 5.41) is 15.1. The molecule has 2 aliphatic rings. The van der Waals surface area contributed by atoms with Gasteiger partial charge in [-0.3, -0.25) is 19.9 Å². The highest BCUT2D eigenvalue weighted by atomic mass is 35.5. The van der Waals surface area contributed by atoms with Gasteiger partial charge in [0.1, 0.15) is 5.75 Å². The number of rotatable bonds is 7. The quantitative estimate of drug-likeness (QED) is 0.372. The molecule has 10 heteroatoms. The number of nitrogens with one attached hydrogen (secondary N) is 1. The average molecular weight is 522 g/mol.